The molecule has 2 N–H and O–H groups in total. The summed E-state index contributed by atoms with van der Waals surface area (Å²) < 4.78 is 6.01. The number of carboxylic acid groups (broad SMARTS) is 1. The third kappa shape index (κ3) is 6.87. The van der Waals surface area contributed by atoms with Crippen molar-refractivity contribution in [2.45, 2.75) is 18.9 Å². The SMILES string of the molecule is O=C(O)c1ccc(OC2CCN(C(=O)c3cc(NC(=O)c4nc(-c5cccnc5)sc4-c4ccccc4)ccc3Cl)CC2)cc1. The first-order chi connectivity index (χ1) is 21.9. The van der Waals surface area contributed by atoms with Crippen LogP contribution in [-0.4, -0.2) is 57.0 Å². The van der Waals surface area contributed by atoms with Crippen molar-refractivity contribution in [1.82, 2.24) is 14.9 Å². The summed E-state index contributed by atoms with van der Waals surface area (Å²) in [5.74, 6) is -1.06. The fourth-order valence-corrected chi connectivity index (χ4v) is 6.30. The minimum Gasteiger partial charge on any atom is -0.490 e. The van der Waals surface area contributed by atoms with Crippen LogP contribution in [0.3, 0.4) is 0 Å². The van der Waals surface area contributed by atoms with Crippen LogP contribution >= 0.6 is 22.9 Å². The number of nitrogens with zero attached hydrogens (tertiary/aromatic N) is 3. The fraction of sp³-hybridized carbons (Fsp3) is 0.147. The zero-order valence-corrected chi connectivity index (χ0v) is 25.4. The summed E-state index contributed by atoms with van der Waals surface area (Å²) in [6, 6.07) is 24.4. The van der Waals surface area contributed by atoms with Gasteiger partial charge in [-0.15, -0.1) is 11.3 Å². The lowest BCUT2D eigenvalue weighted by molar-refractivity contribution is 0.0595. The van der Waals surface area contributed by atoms with Crippen LogP contribution in [0.2, 0.25) is 5.02 Å². The summed E-state index contributed by atoms with van der Waals surface area (Å²) in [6.07, 6.45) is 4.49. The Balaban J connectivity index is 1.15. The summed E-state index contributed by atoms with van der Waals surface area (Å²) in [6.45, 7) is 0.917. The van der Waals surface area contributed by atoms with Gasteiger partial charge in [0.15, 0.2) is 0 Å². The zero-order valence-electron chi connectivity index (χ0n) is 23.9. The van der Waals surface area contributed by atoms with Crippen molar-refractivity contribution in [3.8, 4) is 26.8 Å². The molecular formula is C34H27ClN4O5S. The van der Waals surface area contributed by atoms with E-state index in [0.29, 0.717) is 42.4 Å². The molecule has 1 fully saturated rings. The van der Waals surface area contributed by atoms with Gasteiger partial charge < -0.3 is 20.1 Å². The number of hydrogen-bond donors (Lipinski definition) is 2. The van der Waals surface area contributed by atoms with Gasteiger partial charge in [-0.25, -0.2) is 9.78 Å². The molecule has 1 aliphatic rings. The molecule has 0 bridgehead atoms. The van der Waals surface area contributed by atoms with Gasteiger partial charge >= 0.3 is 5.97 Å². The van der Waals surface area contributed by atoms with Gasteiger partial charge in [-0.05, 0) is 60.2 Å². The number of ether oxygens (including phenoxy) is 1. The number of benzene rings is 3. The van der Waals surface area contributed by atoms with Crippen LogP contribution in [0.5, 0.6) is 5.75 Å². The number of anilines is 1. The Morgan fingerprint density at radius 2 is 1.67 bits per heavy atom. The molecule has 0 saturated carbocycles. The molecule has 9 nitrogen and oxygen atoms in total. The molecule has 45 heavy (non-hydrogen) atoms. The molecule has 2 amide bonds. The van der Waals surface area contributed by atoms with E-state index in [0.717, 1.165) is 16.0 Å². The number of halogens is 1. The molecule has 1 aliphatic heterocycles. The van der Waals surface area contributed by atoms with Crippen molar-refractivity contribution in [2.75, 3.05) is 18.4 Å². The van der Waals surface area contributed by atoms with Crippen molar-refractivity contribution in [3.05, 3.63) is 119 Å². The lowest BCUT2D eigenvalue weighted by Crippen LogP contribution is -2.41. The van der Waals surface area contributed by atoms with Crippen molar-refractivity contribution in [2.24, 2.45) is 0 Å². The molecule has 5 aromatic rings. The van der Waals surface area contributed by atoms with Crippen molar-refractivity contribution >= 4 is 46.4 Å². The molecule has 6 rings (SSSR count). The number of carboxylic acids is 1. The second-order valence-electron chi connectivity index (χ2n) is 10.4. The van der Waals surface area contributed by atoms with Crippen LogP contribution < -0.4 is 10.1 Å². The largest absolute Gasteiger partial charge is 0.490 e. The minimum atomic E-state index is -0.995. The van der Waals surface area contributed by atoms with E-state index in [4.69, 9.17) is 21.4 Å². The summed E-state index contributed by atoms with van der Waals surface area (Å²) in [5, 5.41) is 12.9. The Morgan fingerprint density at radius 3 is 2.36 bits per heavy atom. The highest BCUT2D eigenvalue weighted by molar-refractivity contribution is 7.18. The molecule has 3 aromatic carbocycles. The van der Waals surface area contributed by atoms with Gasteiger partial charge in [0.05, 0.1) is 21.0 Å². The van der Waals surface area contributed by atoms with E-state index in [1.54, 1.807) is 47.6 Å². The minimum absolute atomic E-state index is 0.112. The van der Waals surface area contributed by atoms with E-state index in [-0.39, 0.29) is 33.9 Å². The maximum Gasteiger partial charge on any atom is 0.335 e. The first-order valence-corrected chi connectivity index (χ1v) is 15.4. The Labute approximate surface area is 268 Å². The number of carbonyl (C=O) groups excluding carboxylic acids is 2. The molecule has 11 heteroatoms. The van der Waals surface area contributed by atoms with Gasteiger partial charge in [-0.2, -0.15) is 0 Å². The number of aromatic nitrogens is 2. The van der Waals surface area contributed by atoms with Crippen LogP contribution in [-0.2, 0) is 0 Å². The maximum absolute atomic E-state index is 13.6. The third-order valence-corrected chi connectivity index (χ3v) is 8.86. The highest BCUT2D eigenvalue weighted by Crippen LogP contribution is 2.36. The lowest BCUT2D eigenvalue weighted by atomic mass is 10.1. The first kappa shape index (κ1) is 30.0. The quantitative estimate of drug-likeness (QED) is 0.185. The Morgan fingerprint density at radius 1 is 0.933 bits per heavy atom. The van der Waals surface area contributed by atoms with E-state index in [1.807, 2.05) is 42.5 Å². The average Bonchev–Trinajstić information content (AvgIpc) is 3.53. The number of likely N-dealkylation sites (tertiary alicyclic amines) is 1. The Kier molecular flexibility index (Phi) is 8.86. The van der Waals surface area contributed by atoms with E-state index in [2.05, 4.69) is 15.3 Å². The number of carbonyl (C=O) groups is 3. The van der Waals surface area contributed by atoms with Gasteiger partial charge in [0.1, 0.15) is 22.6 Å². The van der Waals surface area contributed by atoms with Crippen LogP contribution in [0.15, 0.2) is 97.3 Å². The van der Waals surface area contributed by atoms with E-state index in [1.165, 1.54) is 23.5 Å². The number of aromatic carboxylic acids is 1. The Hall–Kier alpha value is -5.06. The van der Waals surface area contributed by atoms with Crippen molar-refractivity contribution < 1.29 is 24.2 Å². The van der Waals surface area contributed by atoms with E-state index in [9.17, 15) is 14.4 Å². The van der Waals surface area contributed by atoms with Crippen LogP contribution in [0, 0.1) is 0 Å². The highest BCUT2D eigenvalue weighted by atomic mass is 35.5. The zero-order chi connectivity index (χ0) is 31.3. The highest BCUT2D eigenvalue weighted by Gasteiger charge is 2.27. The molecule has 0 radical (unpaired) electrons. The third-order valence-electron chi connectivity index (χ3n) is 7.37. The fourth-order valence-electron chi connectivity index (χ4n) is 5.04. The molecule has 0 spiro atoms. The lowest BCUT2D eigenvalue weighted by Gasteiger charge is -2.32. The molecule has 0 aliphatic carbocycles. The monoisotopic (exact) mass is 638 g/mol. The smallest absolute Gasteiger partial charge is 0.335 e. The van der Waals surface area contributed by atoms with Crippen LogP contribution in [0.25, 0.3) is 21.0 Å². The first-order valence-electron chi connectivity index (χ1n) is 14.2. The number of rotatable bonds is 8. The topological polar surface area (TPSA) is 122 Å². The standard InChI is InChI=1S/C34H27ClN4O5S/c35-28-13-10-24(19-27(28)33(41)39-17-14-26(15-18-39)44-25-11-8-22(9-12-25)34(42)43)37-31(40)29-30(21-5-2-1-3-6-21)45-32(38-29)23-7-4-16-36-20-23/h1-13,16,19-20,26H,14-15,17-18H2,(H,37,40)(H,42,43). The maximum atomic E-state index is 13.6. The number of thiazole rings is 1. The van der Waals surface area contributed by atoms with Crippen LogP contribution in [0.4, 0.5) is 5.69 Å². The summed E-state index contributed by atoms with van der Waals surface area (Å²) >= 11 is 7.88. The molecular weight excluding hydrogens is 612 g/mol. The van der Waals surface area contributed by atoms with Gasteiger partial charge in [0.2, 0.25) is 0 Å². The van der Waals surface area contributed by atoms with Gasteiger partial charge in [-0.1, -0.05) is 41.9 Å². The second kappa shape index (κ2) is 13.3. The Bertz CT molecular complexity index is 1840. The summed E-state index contributed by atoms with van der Waals surface area (Å²) in [7, 11) is 0. The predicted octanol–water partition coefficient (Wildman–Crippen LogP) is 7.16. The van der Waals surface area contributed by atoms with Crippen LogP contribution in [0.1, 0.15) is 44.0 Å². The summed E-state index contributed by atoms with van der Waals surface area (Å²) in [5.41, 5.74) is 2.85. The van der Waals surface area contributed by atoms with Crippen molar-refractivity contribution in [1.29, 1.82) is 0 Å². The molecule has 0 atom stereocenters. The number of hydrogen-bond acceptors (Lipinski definition) is 7. The second-order valence-corrected chi connectivity index (χ2v) is 11.8. The van der Waals surface area contributed by atoms with Crippen molar-refractivity contribution in [3.63, 3.8) is 0 Å². The number of amides is 2. The summed E-state index contributed by atoms with van der Waals surface area (Å²) in [4.78, 5) is 49.5. The molecule has 1 saturated heterocycles. The molecule has 226 valence electrons. The molecule has 3 heterocycles. The van der Waals surface area contributed by atoms with Gasteiger partial charge in [0.25, 0.3) is 11.8 Å². The number of piperidine rings is 1. The van der Waals surface area contributed by atoms with E-state index >= 15 is 0 Å². The number of nitrogens with one attached hydrogen (secondary N) is 1. The molecule has 0 unspecified atom stereocenters. The van der Waals surface area contributed by atoms with Gasteiger partial charge in [-0.3, -0.25) is 14.6 Å². The normalized spacial score (nSPS) is 13.3. The predicted molar refractivity (Wildman–Crippen MR) is 173 cm³/mol. The molecule has 2 aromatic heterocycles. The van der Waals surface area contributed by atoms with Gasteiger partial charge in [0, 0.05) is 49.6 Å². The number of pyridine rings is 1. The van der Waals surface area contributed by atoms with E-state index < -0.39 is 11.9 Å². The average molecular weight is 639 g/mol.